The molecule has 0 spiro atoms. The van der Waals surface area contributed by atoms with Crippen LogP contribution < -0.4 is 14.4 Å². The number of hydrogen-bond acceptors (Lipinski definition) is 4. The number of pyridine rings is 1. The van der Waals surface area contributed by atoms with Crippen LogP contribution in [-0.4, -0.2) is 18.4 Å². The van der Waals surface area contributed by atoms with E-state index in [1.807, 2.05) is 0 Å². The summed E-state index contributed by atoms with van der Waals surface area (Å²) in [6.07, 6.45) is -4.70. The van der Waals surface area contributed by atoms with Gasteiger partial charge in [-0.1, -0.05) is 0 Å². The van der Waals surface area contributed by atoms with Gasteiger partial charge in [-0.05, 0) is 43.0 Å². The highest BCUT2D eigenvalue weighted by molar-refractivity contribution is 5.68. The number of benzene rings is 1. The van der Waals surface area contributed by atoms with E-state index in [1.165, 1.54) is 24.3 Å². The number of rotatable bonds is 2. The Morgan fingerprint density at radius 3 is 2.45 bits per heavy atom. The molecule has 3 rings (SSSR count). The van der Waals surface area contributed by atoms with Crippen molar-refractivity contribution in [2.75, 3.05) is 11.9 Å². The van der Waals surface area contributed by atoms with Crippen molar-refractivity contribution in [2.24, 2.45) is 0 Å². The van der Waals surface area contributed by atoms with Crippen molar-refractivity contribution in [2.45, 2.75) is 6.36 Å². The van der Waals surface area contributed by atoms with Gasteiger partial charge in [0, 0.05) is 12.6 Å². The van der Waals surface area contributed by atoms with Gasteiger partial charge in [-0.3, -0.25) is 4.90 Å². The van der Waals surface area contributed by atoms with Gasteiger partial charge in [0.15, 0.2) is 17.5 Å². The zero-order valence-corrected chi connectivity index (χ0v) is 11.5. The van der Waals surface area contributed by atoms with E-state index in [-0.39, 0.29) is 5.75 Å². The Hall–Kier alpha value is -2.70. The molecule has 7 heteroatoms. The van der Waals surface area contributed by atoms with Crippen LogP contribution in [0.4, 0.5) is 19.0 Å². The lowest BCUT2D eigenvalue weighted by molar-refractivity contribution is -0.274. The smallest absolute Gasteiger partial charge is 0.438 e. The van der Waals surface area contributed by atoms with Crippen LogP contribution >= 0.6 is 0 Å². The number of hydrogen-bond donors (Lipinski definition) is 0. The van der Waals surface area contributed by atoms with Gasteiger partial charge < -0.3 is 9.47 Å². The quantitative estimate of drug-likeness (QED) is 0.841. The molecule has 22 heavy (non-hydrogen) atoms. The highest BCUT2D eigenvalue weighted by Crippen LogP contribution is 2.37. The zero-order valence-electron chi connectivity index (χ0n) is 11.5. The number of nitrogens with zero attached hydrogens (tertiary/aromatic N) is 2. The van der Waals surface area contributed by atoms with Crippen molar-refractivity contribution in [3.05, 3.63) is 48.9 Å². The average Bonchev–Trinajstić information content (AvgIpc) is 2.73. The van der Waals surface area contributed by atoms with Gasteiger partial charge in [0.25, 0.3) is 0 Å². The van der Waals surface area contributed by atoms with Crippen LogP contribution in [0.15, 0.2) is 48.9 Å². The molecular formula is C15H11F3N2O2. The summed E-state index contributed by atoms with van der Waals surface area (Å²) in [7, 11) is 1.77. The largest absolute Gasteiger partial charge is 0.573 e. The average molecular weight is 308 g/mol. The van der Waals surface area contributed by atoms with Crippen LogP contribution in [0.2, 0.25) is 0 Å². The molecule has 1 aromatic heterocycles. The van der Waals surface area contributed by atoms with E-state index in [1.54, 1.807) is 24.1 Å². The van der Waals surface area contributed by atoms with Crippen molar-refractivity contribution in [3.8, 4) is 22.8 Å². The van der Waals surface area contributed by atoms with Gasteiger partial charge in [0.2, 0.25) is 0 Å². The molecular weight excluding hydrogens is 297 g/mol. The standard InChI is InChI=1S/C15H11F3N2O2/c1-9-20(2)14-13(21-9)8-7-12(19-14)10-3-5-11(6-4-10)22-15(16,17)18/h3-8H,1H2,2H3. The molecule has 0 saturated carbocycles. The number of aromatic nitrogens is 1. The fourth-order valence-corrected chi connectivity index (χ4v) is 2.06. The predicted octanol–water partition coefficient (Wildman–Crippen LogP) is 3.95. The van der Waals surface area contributed by atoms with Crippen LogP contribution in [-0.2, 0) is 0 Å². The number of anilines is 1. The molecule has 0 fully saturated rings. The minimum atomic E-state index is -4.70. The molecule has 4 nitrogen and oxygen atoms in total. The summed E-state index contributed by atoms with van der Waals surface area (Å²) in [5, 5.41) is 0. The molecule has 2 aromatic rings. The lowest BCUT2D eigenvalue weighted by Gasteiger charge is -2.10. The summed E-state index contributed by atoms with van der Waals surface area (Å²) >= 11 is 0. The maximum Gasteiger partial charge on any atom is 0.573 e. The third-order valence-electron chi connectivity index (χ3n) is 3.14. The van der Waals surface area contributed by atoms with Crippen LogP contribution in [0.5, 0.6) is 11.5 Å². The number of alkyl halides is 3. The van der Waals surface area contributed by atoms with Crippen LogP contribution in [0.3, 0.4) is 0 Å². The highest BCUT2D eigenvalue weighted by Gasteiger charge is 2.31. The summed E-state index contributed by atoms with van der Waals surface area (Å²) in [5.74, 6) is 1.39. The summed E-state index contributed by atoms with van der Waals surface area (Å²) in [4.78, 5) is 6.13. The summed E-state index contributed by atoms with van der Waals surface area (Å²) in [5.41, 5.74) is 1.28. The first-order valence-electron chi connectivity index (χ1n) is 6.31. The molecule has 114 valence electrons. The van der Waals surface area contributed by atoms with Gasteiger partial charge in [0.1, 0.15) is 5.75 Å². The lowest BCUT2D eigenvalue weighted by Crippen LogP contribution is -2.16. The van der Waals surface area contributed by atoms with Crippen LogP contribution in [0.25, 0.3) is 11.3 Å². The van der Waals surface area contributed by atoms with E-state index >= 15 is 0 Å². The SMILES string of the molecule is C=C1Oc2ccc(-c3ccc(OC(F)(F)F)cc3)nc2N1C. The molecule has 0 atom stereocenters. The Morgan fingerprint density at radius 1 is 1.14 bits per heavy atom. The van der Waals surface area contributed by atoms with E-state index in [2.05, 4.69) is 16.3 Å². The molecule has 0 unspecified atom stereocenters. The molecule has 1 aliphatic rings. The molecule has 0 radical (unpaired) electrons. The number of halogens is 3. The van der Waals surface area contributed by atoms with E-state index in [0.29, 0.717) is 28.7 Å². The van der Waals surface area contributed by atoms with Gasteiger partial charge in [-0.15, -0.1) is 13.2 Å². The molecule has 0 amide bonds. The maximum atomic E-state index is 12.1. The Labute approximate surface area is 124 Å². The van der Waals surface area contributed by atoms with Crippen molar-refractivity contribution in [1.29, 1.82) is 0 Å². The second-order valence-corrected chi connectivity index (χ2v) is 4.65. The van der Waals surface area contributed by atoms with Crippen molar-refractivity contribution >= 4 is 5.82 Å². The normalized spacial score (nSPS) is 13.8. The fourth-order valence-electron chi connectivity index (χ4n) is 2.06. The first kappa shape index (κ1) is 14.2. The van der Waals surface area contributed by atoms with E-state index in [4.69, 9.17) is 4.74 Å². The Bertz CT molecular complexity index is 727. The summed E-state index contributed by atoms with van der Waals surface area (Å²) < 4.78 is 45.6. The second-order valence-electron chi connectivity index (χ2n) is 4.65. The minimum absolute atomic E-state index is 0.272. The fraction of sp³-hybridized carbons (Fsp3) is 0.133. The van der Waals surface area contributed by atoms with Gasteiger partial charge in [-0.25, -0.2) is 4.98 Å². The Kier molecular flexibility index (Phi) is 3.20. The van der Waals surface area contributed by atoms with Crippen molar-refractivity contribution in [3.63, 3.8) is 0 Å². The minimum Gasteiger partial charge on any atom is -0.438 e. The third kappa shape index (κ3) is 2.69. The first-order valence-corrected chi connectivity index (χ1v) is 6.31. The topological polar surface area (TPSA) is 34.6 Å². The summed E-state index contributed by atoms with van der Waals surface area (Å²) in [6, 6.07) is 8.99. The van der Waals surface area contributed by atoms with Crippen LogP contribution in [0, 0.1) is 0 Å². The molecule has 1 aliphatic heterocycles. The maximum absolute atomic E-state index is 12.1. The molecule has 0 bridgehead atoms. The zero-order chi connectivity index (χ0) is 15.9. The molecule has 1 aromatic carbocycles. The van der Waals surface area contributed by atoms with Gasteiger partial charge in [0.05, 0.1) is 5.69 Å². The van der Waals surface area contributed by atoms with Crippen molar-refractivity contribution < 1.29 is 22.6 Å². The van der Waals surface area contributed by atoms with E-state index in [0.717, 1.165) is 0 Å². The lowest BCUT2D eigenvalue weighted by atomic mass is 10.1. The number of ether oxygens (including phenoxy) is 2. The summed E-state index contributed by atoms with van der Waals surface area (Å²) in [6.45, 7) is 3.74. The predicted molar refractivity (Wildman–Crippen MR) is 74.5 cm³/mol. The molecule has 0 N–H and O–H groups in total. The number of fused-ring (bicyclic) bond motifs is 1. The monoisotopic (exact) mass is 308 g/mol. The highest BCUT2D eigenvalue weighted by atomic mass is 19.4. The first-order chi connectivity index (χ1) is 10.3. The van der Waals surface area contributed by atoms with Crippen molar-refractivity contribution in [1.82, 2.24) is 4.98 Å². The second kappa shape index (κ2) is 4.94. The Morgan fingerprint density at radius 2 is 1.82 bits per heavy atom. The molecule has 0 aliphatic carbocycles. The van der Waals surface area contributed by atoms with E-state index < -0.39 is 6.36 Å². The van der Waals surface area contributed by atoms with E-state index in [9.17, 15) is 13.2 Å². The molecule has 0 saturated heterocycles. The Balaban J connectivity index is 1.88. The molecule has 2 heterocycles. The van der Waals surface area contributed by atoms with Crippen LogP contribution in [0.1, 0.15) is 0 Å². The van der Waals surface area contributed by atoms with Gasteiger partial charge >= 0.3 is 6.36 Å². The van der Waals surface area contributed by atoms with Gasteiger partial charge in [-0.2, -0.15) is 0 Å². The third-order valence-corrected chi connectivity index (χ3v) is 3.14.